The molecule has 2 aliphatic heterocycles. The summed E-state index contributed by atoms with van der Waals surface area (Å²) < 4.78 is 15.1. The molecular weight excluding hydrogens is 208 g/mol. The van der Waals surface area contributed by atoms with Gasteiger partial charge in [-0.1, -0.05) is 18.2 Å². The van der Waals surface area contributed by atoms with Crippen LogP contribution in [0.5, 0.6) is 5.75 Å². The molecule has 4 nitrogen and oxygen atoms in total. The summed E-state index contributed by atoms with van der Waals surface area (Å²) in [6, 6.07) is 8.71. The summed E-state index contributed by atoms with van der Waals surface area (Å²) in [6.45, 7) is 3.26. The third-order valence-electron chi connectivity index (χ3n) is 2.17. The van der Waals surface area contributed by atoms with Gasteiger partial charge < -0.3 is 19.3 Å². The number of phenolic OH excluding ortho intramolecular Hbond substituents is 1. The number of phenols is 1. The fourth-order valence-electron chi connectivity index (χ4n) is 1.09. The maximum absolute atomic E-state index is 8.63. The van der Waals surface area contributed by atoms with E-state index in [0.29, 0.717) is 18.0 Å². The van der Waals surface area contributed by atoms with E-state index in [2.05, 4.69) is 0 Å². The average molecular weight is 224 g/mol. The fourth-order valence-corrected chi connectivity index (χ4v) is 1.09. The molecule has 3 rings (SSSR count). The molecule has 0 bridgehead atoms. The molecule has 0 aliphatic carbocycles. The van der Waals surface area contributed by atoms with E-state index in [1.54, 1.807) is 24.3 Å². The molecule has 0 amide bonds. The van der Waals surface area contributed by atoms with E-state index in [0.717, 1.165) is 26.4 Å². The van der Waals surface area contributed by atoms with E-state index in [-0.39, 0.29) is 0 Å². The van der Waals surface area contributed by atoms with Gasteiger partial charge in [0.25, 0.3) is 0 Å². The highest BCUT2D eigenvalue weighted by Crippen LogP contribution is 2.12. The Morgan fingerprint density at radius 2 is 1.56 bits per heavy atom. The molecule has 1 N–H and O–H groups in total. The van der Waals surface area contributed by atoms with Crippen LogP contribution in [0.25, 0.3) is 0 Å². The highest BCUT2D eigenvalue weighted by molar-refractivity contribution is 5.18. The van der Waals surface area contributed by atoms with Crippen LogP contribution in [0.15, 0.2) is 30.3 Å². The second kappa shape index (κ2) is 5.84. The summed E-state index contributed by atoms with van der Waals surface area (Å²) in [4.78, 5) is 0. The topological polar surface area (TPSA) is 54.5 Å². The van der Waals surface area contributed by atoms with E-state index in [4.69, 9.17) is 19.3 Å². The van der Waals surface area contributed by atoms with Gasteiger partial charge in [0.15, 0.2) is 0 Å². The summed E-state index contributed by atoms with van der Waals surface area (Å²) in [7, 11) is 0. The molecule has 1 aromatic rings. The largest absolute Gasteiger partial charge is 0.508 e. The zero-order valence-electron chi connectivity index (χ0n) is 9.04. The number of epoxide rings is 2. The van der Waals surface area contributed by atoms with Crippen LogP contribution in [0.3, 0.4) is 0 Å². The van der Waals surface area contributed by atoms with Crippen LogP contribution < -0.4 is 0 Å². The van der Waals surface area contributed by atoms with Crippen LogP contribution in [-0.2, 0) is 14.2 Å². The molecule has 0 radical (unpaired) electrons. The number of aromatic hydroxyl groups is 1. The van der Waals surface area contributed by atoms with Crippen LogP contribution in [0.2, 0.25) is 0 Å². The lowest BCUT2D eigenvalue weighted by Gasteiger charge is -1.95. The Labute approximate surface area is 94.8 Å². The standard InChI is InChI=1S/C6H10O3.C6H6O/c1(5-3-8-5)7-2-6-4-9-6;7-6-4-2-1-3-5-6/h5-6H,1-4H2;1-5,7H. The molecule has 0 spiro atoms. The molecule has 2 saturated heterocycles. The fraction of sp³-hybridized carbons (Fsp3) is 0.500. The summed E-state index contributed by atoms with van der Waals surface area (Å²) in [5, 5.41) is 8.63. The Morgan fingerprint density at radius 3 is 1.88 bits per heavy atom. The number of benzene rings is 1. The van der Waals surface area contributed by atoms with Crippen molar-refractivity contribution < 1.29 is 19.3 Å². The lowest BCUT2D eigenvalue weighted by Crippen LogP contribution is -2.06. The van der Waals surface area contributed by atoms with E-state index < -0.39 is 0 Å². The van der Waals surface area contributed by atoms with Gasteiger partial charge in [-0.15, -0.1) is 0 Å². The van der Waals surface area contributed by atoms with Gasteiger partial charge in [-0.05, 0) is 12.1 Å². The van der Waals surface area contributed by atoms with Crippen LogP contribution >= 0.6 is 0 Å². The van der Waals surface area contributed by atoms with E-state index in [1.807, 2.05) is 6.07 Å². The van der Waals surface area contributed by atoms with Gasteiger partial charge in [-0.25, -0.2) is 0 Å². The lowest BCUT2D eigenvalue weighted by molar-refractivity contribution is 0.102. The normalized spacial score (nSPS) is 25.5. The molecule has 2 aliphatic rings. The Kier molecular flexibility index (Phi) is 4.16. The van der Waals surface area contributed by atoms with Crippen molar-refractivity contribution in [2.24, 2.45) is 0 Å². The number of rotatable bonds is 4. The third kappa shape index (κ3) is 5.11. The van der Waals surface area contributed by atoms with Crippen molar-refractivity contribution in [3.63, 3.8) is 0 Å². The highest BCUT2D eigenvalue weighted by Gasteiger charge is 2.26. The summed E-state index contributed by atoms with van der Waals surface area (Å²) in [6.07, 6.45) is 0.785. The number of para-hydroxylation sites is 1. The zero-order valence-corrected chi connectivity index (χ0v) is 9.04. The average Bonchev–Trinajstić information content (AvgIpc) is 3.14. The Bertz CT molecular complexity index is 281. The predicted molar refractivity (Wildman–Crippen MR) is 58.4 cm³/mol. The van der Waals surface area contributed by atoms with Crippen LogP contribution in [0.1, 0.15) is 0 Å². The van der Waals surface area contributed by atoms with Gasteiger partial charge in [0.05, 0.1) is 26.4 Å². The minimum atomic E-state index is 0.322. The van der Waals surface area contributed by atoms with Crippen molar-refractivity contribution in [2.75, 3.05) is 26.4 Å². The summed E-state index contributed by atoms with van der Waals surface area (Å²) in [5.74, 6) is 0.322. The number of hydrogen-bond donors (Lipinski definition) is 1. The van der Waals surface area contributed by atoms with E-state index >= 15 is 0 Å². The van der Waals surface area contributed by atoms with Crippen LogP contribution in [0.4, 0.5) is 0 Å². The van der Waals surface area contributed by atoms with Gasteiger partial charge in [0.2, 0.25) is 0 Å². The second-order valence-electron chi connectivity index (χ2n) is 3.78. The quantitative estimate of drug-likeness (QED) is 0.781. The SMILES string of the molecule is C(OCC1CO1)C1CO1.Oc1ccccc1. The Balaban J connectivity index is 0.000000125. The summed E-state index contributed by atoms with van der Waals surface area (Å²) in [5.41, 5.74) is 0. The van der Waals surface area contributed by atoms with Crippen LogP contribution in [-0.4, -0.2) is 43.7 Å². The molecule has 1 aromatic carbocycles. The van der Waals surface area contributed by atoms with Crippen molar-refractivity contribution in [1.29, 1.82) is 0 Å². The maximum Gasteiger partial charge on any atom is 0.115 e. The van der Waals surface area contributed by atoms with Gasteiger partial charge in [0.1, 0.15) is 18.0 Å². The van der Waals surface area contributed by atoms with Gasteiger partial charge in [0, 0.05) is 0 Å². The zero-order chi connectivity index (χ0) is 11.2. The van der Waals surface area contributed by atoms with Crippen LogP contribution in [0, 0.1) is 0 Å². The van der Waals surface area contributed by atoms with Gasteiger partial charge >= 0.3 is 0 Å². The van der Waals surface area contributed by atoms with Crippen molar-refractivity contribution in [2.45, 2.75) is 12.2 Å². The highest BCUT2D eigenvalue weighted by atomic mass is 16.6. The molecule has 2 atom stereocenters. The minimum absolute atomic E-state index is 0.322. The predicted octanol–water partition coefficient (Wildman–Crippen LogP) is 1.19. The maximum atomic E-state index is 8.63. The van der Waals surface area contributed by atoms with Crippen molar-refractivity contribution in [3.8, 4) is 5.75 Å². The second-order valence-corrected chi connectivity index (χ2v) is 3.78. The van der Waals surface area contributed by atoms with Crippen molar-refractivity contribution in [1.82, 2.24) is 0 Å². The first-order valence-electron chi connectivity index (χ1n) is 5.39. The molecule has 2 heterocycles. The minimum Gasteiger partial charge on any atom is -0.508 e. The molecule has 16 heavy (non-hydrogen) atoms. The number of ether oxygens (including phenoxy) is 3. The molecular formula is C12H16O4. The molecule has 4 heteroatoms. The Hall–Kier alpha value is -1.10. The van der Waals surface area contributed by atoms with E-state index in [1.165, 1.54) is 0 Å². The molecule has 88 valence electrons. The van der Waals surface area contributed by atoms with Crippen molar-refractivity contribution >= 4 is 0 Å². The smallest absolute Gasteiger partial charge is 0.115 e. The first-order valence-corrected chi connectivity index (χ1v) is 5.39. The monoisotopic (exact) mass is 224 g/mol. The van der Waals surface area contributed by atoms with Crippen molar-refractivity contribution in [3.05, 3.63) is 30.3 Å². The molecule has 2 unspecified atom stereocenters. The summed E-state index contributed by atoms with van der Waals surface area (Å²) >= 11 is 0. The first-order chi connectivity index (χ1) is 7.84. The molecule has 0 saturated carbocycles. The van der Waals surface area contributed by atoms with Gasteiger partial charge in [-0.3, -0.25) is 0 Å². The molecule has 2 fully saturated rings. The number of hydrogen-bond acceptors (Lipinski definition) is 4. The molecule has 0 aromatic heterocycles. The van der Waals surface area contributed by atoms with E-state index in [9.17, 15) is 0 Å². The lowest BCUT2D eigenvalue weighted by atomic mass is 10.3. The Morgan fingerprint density at radius 1 is 1.06 bits per heavy atom. The first kappa shape index (κ1) is 11.4. The third-order valence-corrected chi connectivity index (χ3v) is 2.17. The van der Waals surface area contributed by atoms with Gasteiger partial charge in [-0.2, -0.15) is 0 Å².